The molecule has 4 unspecified atom stereocenters. The van der Waals surface area contributed by atoms with Crippen LogP contribution in [0.15, 0.2) is 54.6 Å². The lowest BCUT2D eigenvalue weighted by Crippen LogP contribution is -3.15. The van der Waals surface area contributed by atoms with Gasteiger partial charge in [0.2, 0.25) is 0 Å². The van der Waals surface area contributed by atoms with Crippen LogP contribution in [0.2, 0.25) is 0 Å². The van der Waals surface area contributed by atoms with Gasteiger partial charge in [0.25, 0.3) is 0 Å². The minimum Gasteiger partial charge on any atom is -1.00 e. The summed E-state index contributed by atoms with van der Waals surface area (Å²) in [6, 6.07) is 20.3. The van der Waals surface area contributed by atoms with Gasteiger partial charge in [-0.2, -0.15) is 0 Å². The summed E-state index contributed by atoms with van der Waals surface area (Å²) < 4.78 is 5.26. The summed E-state index contributed by atoms with van der Waals surface area (Å²) in [5, 5.41) is 2.48. The predicted molar refractivity (Wildman–Crippen MR) is 116 cm³/mol. The fourth-order valence-electron chi connectivity index (χ4n) is 4.99. The molecule has 0 radical (unpaired) electrons. The highest BCUT2D eigenvalue weighted by Crippen LogP contribution is 2.40. The van der Waals surface area contributed by atoms with Crippen LogP contribution in [0, 0.1) is 11.3 Å². The topological polar surface area (TPSA) is 30.3 Å². The first-order chi connectivity index (χ1) is 13.5. The molecule has 2 aromatic rings. The lowest BCUT2D eigenvalue weighted by Gasteiger charge is -2.47. The smallest absolute Gasteiger partial charge is 0.118 e. The normalized spacial score (nSPS) is 25.7. The zero-order valence-corrected chi connectivity index (χ0v) is 20.3. The van der Waals surface area contributed by atoms with Gasteiger partial charge in [-0.1, -0.05) is 37.3 Å². The minimum atomic E-state index is 0. The molecule has 3 N–H and O–H groups in total. The van der Waals surface area contributed by atoms with Crippen LogP contribution in [0.4, 0.5) is 0 Å². The summed E-state index contributed by atoms with van der Waals surface area (Å²) in [6.07, 6.45) is 3.82. The number of halogens is 2. The third kappa shape index (κ3) is 6.88. The number of rotatable bonds is 8. The quantitative estimate of drug-likeness (QED) is 0.397. The molecule has 1 fully saturated rings. The Balaban J connectivity index is 0.00000225. The molecule has 1 heterocycles. The Labute approximate surface area is 195 Å². The van der Waals surface area contributed by atoms with E-state index >= 15 is 0 Å². The number of nitrogens with two attached hydrogens (primary N) is 1. The highest BCUT2D eigenvalue weighted by atomic mass is 35.5. The number of hydrogen-bond donors (Lipinski definition) is 2. The second kappa shape index (κ2) is 12.6. The zero-order chi connectivity index (χ0) is 20.0. The van der Waals surface area contributed by atoms with E-state index in [0.29, 0.717) is 5.41 Å². The summed E-state index contributed by atoms with van der Waals surface area (Å²) in [5.74, 6) is 1.68. The number of methoxy groups -OCH3 is 1. The fraction of sp³-hybridized carbons (Fsp3) is 0.520. The predicted octanol–water partition coefficient (Wildman–Crippen LogP) is -3.67. The van der Waals surface area contributed by atoms with Gasteiger partial charge in [-0.25, -0.2) is 0 Å². The van der Waals surface area contributed by atoms with E-state index < -0.39 is 0 Å². The summed E-state index contributed by atoms with van der Waals surface area (Å²) in [5.41, 5.74) is 3.28. The summed E-state index contributed by atoms with van der Waals surface area (Å²) in [7, 11) is 4.09. The van der Waals surface area contributed by atoms with E-state index in [9.17, 15) is 0 Å². The third-order valence-electron chi connectivity index (χ3n) is 7.01. The Morgan fingerprint density at radius 2 is 1.67 bits per heavy atom. The first kappa shape index (κ1) is 26.8. The highest BCUT2D eigenvalue weighted by molar-refractivity contribution is 5.26. The van der Waals surface area contributed by atoms with Gasteiger partial charge in [0.05, 0.1) is 33.3 Å². The van der Waals surface area contributed by atoms with Gasteiger partial charge >= 0.3 is 0 Å². The van der Waals surface area contributed by atoms with Crippen molar-refractivity contribution in [1.82, 2.24) is 0 Å². The van der Waals surface area contributed by atoms with E-state index in [2.05, 4.69) is 80.8 Å². The van der Waals surface area contributed by atoms with E-state index in [4.69, 9.17) is 4.74 Å². The molecule has 0 aliphatic carbocycles. The maximum Gasteiger partial charge on any atom is 0.118 e. The zero-order valence-electron chi connectivity index (χ0n) is 18.8. The molecular weight excluding hydrogens is 415 g/mol. The van der Waals surface area contributed by atoms with Gasteiger partial charge in [0.1, 0.15) is 12.3 Å². The number of ether oxygens (including phenoxy) is 1. The number of benzene rings is 2. The maximum atomic E-state index is 5.26. The van der Waals surface area contributed by atoms with Crippen molar-refractivity contribution < 1.29 is 39.8 Å². The third-order valence-corrected chi connectivity index (χ3v) is 7.01. The summed E-state index contributed by atoms with van der Waals surface area (Å²) in [4.78, 5) is 1.69. The van der Waals surface area contributed by atoms with E-state index in [1.807, 2.05) is 0 Å². The monoisotopic (exact) mass is 452 g/mol. The van der Waals surface area contributed by atoms with Crippen LogP contribution in [0.5, 0.6) is 5.75 Å². The van der Waals surface area contributed by atoms with Crippen LogP contribution in [0.3, 0.4) is 0 Å². The number of quaternary nitrogens is 2. The van der Waals surface area contributed by atoms with Gasteiger partial charge in [0, 0.05) is 24.3 Å². The Kier molecular flexibility index (Phi) is 11.2. The van der Waals surface area contributed by atoms with Crippen LogP contribution in [0.25, 0.3) is 0 Å². The SMILES string of the molecule is COc1ccc(C[NH2+]CCC2(Cc3ccccc3)CC(C)[NH+](C)CC2C)cc1.[Cl-].[Cl-]. The molecule has 168 valence electrons. The van der Waals surface area contributed by atoms with Crippen molar-refractivity contribution in [2.24, 2.45) is 11.3 Å². The Morgan fingerprint density at radius 3 is 2.30 bits per heavy atom. The molecule has 3 rings (SSSR count). The van der Waals surface area contributed by atoms with Crippen molar-refractivity contribution in [1.29, 1.82) is 0 Å². The van der Waals surface area contributed by atoms with Crippen LogP contribution in [-0.2, 0) is 13.0 Å². The van der Waals surface area contributed by atoms with Crippen LogP contribution in [0.1, 0.15) is 37.8 Å². The molecule has 3 nitrogen and oxygen atoms in total. The first-order valence-corrected chi connectivity index (χ1v) is 10.8. The molecule has 0 bridgehead atoms. The van der Waals surface area contributed by atoms with Gasteiger partial charge < -0.3 is 39.8 Å². The molecule has 0 amide bonds. The number of hydrogen-bond acceptors (Lipinski definition) is 1. The average Bonchev–Trinajstić information content (AvgIpc) is 2.71. The summed E-state index contributed by atoms with van der Waals surface area (Å²) >= 11 is 0. The highest BCUT2D eigenvalue weighted by Gasteiger charge is 2.44. The molecule has 5 heteroatoms. The molecule has 0 aromatic heterocycles. The Hall–Kier alpha value is -1.26. The molecule has 0 spiro atoms. The first-order valence-electron chi connectivity index (χ1n) is 10.8. The molecule has 1 aliphatic heterocycles. The van der Waals surface area contributed by atoms with Gasteiger partial charge in [-0.15, -0.1) is 0 Å². The number of likely N-dealkylation sites (tertiary alicyclic amines) is 1. The van der Waals surface area contributed by atoms with Crippen molar-refractivity contribution >= 4 is 0 Å². The van der Waals surface area contributed by atoms with Crippen molar-refractivity contribution in [2.45, 2.75) is 45.7 Å². The average molecular weight is 453 g/mol. The van der Waals surface area contributed by atoms with E-state index in [1.165, 1.54) is 43.5 Å². The Morgan fingerprint density at radius 1 is 1.00 bits per heavy atom. The molecule has 4 atom stereocenters. The van der Waals surface area contributed by atoms with E-state index in [0.717, 1.165) is 24.3 Å². The van der Waals surface area contributed by atoms with Gasteiger partial charge in [-0.3, -0.25) is 0 Å². The van der Waals surface area contributed by atoms with Crippen LogP contribution < -0.4 is 39.8 Å². The number of nitrogens with one attached hydrogen (secondary N) is 1. The van der Waals surface area contributed by atoms with E-state index in [1.54, 1.807) is 12.0 Å². The number of piperidine rings is 1. The standard InChI is InChI=1S/C25H36N2O.2ClH/c1-20-19-27(3)21(2)16-25(20,17-22-8-6-5-7-9-22)14-15-26-18-23-10-12-24(28-4)13-11-23;;/h5-13,20-21,26H,14-19H2,1-4H3;2*1H. The van der Waals surface area contributed by atoms with Crippen LogP contribution >= 0.6 is 0 Å². The fourth-order valence-corrected chi connectivity index (χ4v) is 4.99. The van der Waals surface area contributed by atoms with Gasteiger partial charge in [0.15, 0.2) is 0 Å². The van der Waals surface area contributed by atoms with E-state index in [-0.39, 0.29) is 24.8 Å². The van der Waals surface area contributed by atoms with Crippen LogP contribution in [-0.4, -0.2) is 33.3 Å². The molecule has 30 heavy (non-hydrogen) atoms. The second-order valence-corrected chi connectivity index (χ2v) is 8.96. The maximum absolute atomic E-state index is 5.26. The lowest BCUT2D eigenvalue weighted by molar-refractivity contribution is -0.916. The molecule has 1 saturated heterocycles. The molecule has 1 aliphatic rings. The van der Waals surface area contributed by atoms with Crippen molar-refractivity contribution in [3.05, 3.63) is 65.7 Å². The van der Waals surface area contributed by atoms with Crippen molar-refractivity contribution in [3.63, 3.8) is 0 Å². The largest absolute Gasteiger partial charge is 1.00 e. The summed E-state index contributed by atoms with van der Waals surface area (Å²) in [6.45, 7) is 8.44. The second-order valence-electron chi connectivity index (χ2n) is 8.96. The van der Waals surface area contributed by atoms with Crippen molar-refractivity contribution in [3.8, 4) is 5.75 Å². The lowest BCUT2D eigenvalue weighted by atomic mass is 9.63. The molecular formula is C25H38Cl2N2O. The van der Waals surface area contributed by atoms with Crippen molar-refractivity contribution in [2.75, 3.05) is 27.2 Å². The Bertz CT molecular complexity index is 726. The molecule has 0 saturated carbocycles. The molecule has 2 aromatic carbocycles. The van der Waals surface area contributed by atoms with Gasteiger partial charge in [-0.05, 0) is 48.6 Å². The minimum absolute atomic E-state index is 0.